The van der Waals surface area contributed by atoms with Crippen molar-refractivity contribution in [3.8, 4) is 0 Å². The zero-order valence-corrected chi connectivity index (χ0v) is 13.2. The summed E-state index contributed by atoms with van der Waals surface area (Å²) >= 11 is 3.27. The number of nitrogens with one attached hydrogen (secondary N) is 1. The van der Waals surface area contributed by atoms with E-state index in [1.165, 1.54) is 24.3 Å². The fraction of sp³-hybridized carbons (Fsp3) is 0.0714. The van der Waals surface area contributed by atoms with Crippen LogP contribution in [-0.4, -0.2) is 19.5 Å². The van der Waals surface area contributed by atoms with E-state index in [0.29, 0.717) is 11.3 Å². The van der Waals surface area contributed by atoms with Crippen LogP contribution in [0.15, 0.2) is 53.0 Å². The molecule has 2 aromatic carbocycles. The molecule has 0 atom stereocenters. The highest BCUT2D eigenvalue weighted by Gasteiger charge is 2.12. The van der Waals surface area contributed by atoms with Gasteiger partial charge in [0.25, 0.3) is 0 Å². The first-order chi connectivity index (χ1) is 9.85. The van der Waals surface area contributed by atoms with Crippen LogP contribution in [0, 0.1) is 0 Å². The number of aromatic carboxylic acids is 1. The Morgan fingerprint density at radius 2 is 1.62 bits per heavy atom. The van der Waals surface area contributed by atoms with Gasteiger partial charge in [-0.05, 0) is 42.0 Å². The number of carbonyl (C=O) groups is 1. The summed E-state index contributed by atoms with van der Waals surface area (Å²) in [7, 11) is -3.55. The summed E-state index contributed by atoms with van der Waals surface area (Å²) in [5, 5.41) is 8.79. The van der Waals surface area contributed by atoms with Crippen molar-refractivity contribution in [3.63, 3.8) is 0 Å². The van der Waals surface area contributed by atoms with Gasteiger partial charge in [-0.3, -0.25) is 4.72 Å². The van der Waals surface area contributed by atoms with Crippen LogP contribution >= 0.6 is 15.9 Å². The minimum Gasteiger partial charge on any atom is -0.478 e. The fourth-order valence-corrected chi connectivity index (χ4v) is 3.16. The van der Waals surface area contributed by atoms with Gasteiger partial charge in [-0.2, -0.15) is 0 Å². The Balaban J connectivity index is 2.10. The van der Waals surface area contributed by atoms with Gasteiger partial charge in [0.15, 0.2) is 0 Å². The van der Waals surface area contributed by atoms with Crippen LogP contribution in [-0.2, 0) is 15.8 Å². The second kappa shape index (κ2) is 6.28. The number of hydrogen-bond donors (Lipinski definition) is 2. The molecule has 0 aliphatic carbocycles. The SMILES string of the molecule is O=C(O)c1ccc(CS(=O)(=O)Nc2ccc(Br)cc2)cc1. The molecular weight excluding hydrogens is 358 g/mol. The summed E-state index contributed by atoms with van der Waals surface area (Å²) in [6.45, 7) is 0. The lowest BCUT2D eigenvalue weighted by Gasteiger charge is -2.08. The van der Waals surface area contributed by atoms with Gasteiger partial charge < -0.3 is 5.11 Å². The first-order valence-electron chi connectivity index (χ1n) is 5.94. The quantitative estimate of drug-likeness (QED) is 0.847. The van der Waals surface area contributed by atoms with Gasteiger partial charge in [0.05, 0.1) is 11.3 Å². The van der Waals surface area contributed by atoms with E-state index in [2.05, 4.69) is 20.7 Å². The van der Waals surface area contributed by atoms with Gasteiger partial charge in [-0.15, -0.1) is 0 Å². The third-order valence-corrected chi connectivity index (χ3v) is 4.46. The first-order valence-corrected chi connectivity index (χ1v) is 8.38. The van der Waals surface area contributed by atoms with E-state index in [1.54, 1.807) is 24.3 Å². The summed E-state index contributed by atoms with van der Waals surface area (Å²) in [6.07, 6.45) is 0. The van der Waals surface area contributed by atoms with Crippen molar-refractivity contribution in [3.05, 3.63) is 64.1 Å². The van der Waals surface area contributed by atoms with Crippen molar-refractivity contribution < 1.29 is 18.3 Å². The summed E-state index contributed by atoms with van der Waals surface area (Å²) in [4.78, 5) is 10.7. The zero-order valence-electron chi connectivity index (χ0n) is 10.8. The highest BCUT2D eigenvalue weighted by molar-refractivity contribution is 9.10. The predicted molar refractivity (Wildman–Crippen MR) is 83.8 cm³/mol. The molecule has 0 unspecified atom stereocenters. The molecule has 110 valence electrons. The van der Waals surface area contributed by atoms with E-state index in [1.807, 2.05) is 0 Å². The Morgan fingerprint density at radius 1 is 1.05 bits per heavy atom. The molecule has 0 fully saturated rings. The van der Waals surface area contributed by atoms with Crippen molar-refractivity contribution in [2.45, 2.75) is 5.75 Å². The van der Waals surface area contributed by atoms with Crippen molar-refractivity contribution in [2.75, 3.05) is 4.72 Å². The van der Waals surface area contributed by atoms with Gasteiger partial charge in [-0.25, -0.2) is 13.2 Å². The van der Waals surface area contributed by atoms with Crippen LogP contribution in [0.2, 0.25) is 0 Å². The standard InChI is InChI=1S/C14H12BrNO4S/c15-12-5-7-13(8-6-12)16-21(19,20)9-10-1-3-11(4-2-10)14(17)18/h1-8,16H,9H2,(H,17,18). The Hall–Kier alpha value is -1.86. The maximum Gasteiger partial charge on any atom is 0.335 e. The molecule has 0 radical (unpaired) electrons. The smallest absolute Gasteiger partial charge is 0.335 e. The molecular formula is C14H12BrNO4S. The van der Waals surface area contributed by atoms with Crippen LogP contribution in [0.25, 0.3) is 0 Å². The van der Waals surface area contributed by atoms with E-state index in [4.69, 9.17) is 5.11 Å². The molecule has 21 heavy (non-hydrogen) atoms. The minimum atomic E-state index is -3.55. The lowest BCUT2D eigenvalue weighted by atomic mass is 10.1. The van der Waals surface area contributed by atoms with Gasteiger partial charge in [0, 0.05) is 10.2 Å². The topological polar surface area (TPSA) is 83.5 Å². The Morgan fingerprint density at radius 3 is 2.14 bits per heavy atom. The molecule has 0 amide bonds. The lowest BCUT2D eigenvalue weighted by Crippen LogP contribution is -2.15. The molecule has 0 spiro atoms. The molecule has 0 saturated heterocycles. The third kappa shape index (κ3) is 4.57. The second-order valence-corrected chi connectivity index (χ2v) is 7.01. The van der Waals surface area contributed by atoms with Crippen LogP contribution in [0.4, 0.5) is 5.69 Å². The number of rotatable bonds is 5. The van der Waals surface area contributed by atoms with E-state index >= 15 is 0 Å². The summed E-state index contributed by atoms with van der Waals surface area (Å²) in [5.41, 5.74) is 1.11. The summed E-state index contributed by atoms with van der Waals surface area (Å²) in [6, 6.07) is 12.5. The highest BCUT2D eigenvalue weighted by atomic mass is 79.9. The second-order valence-electron chi connectivity index (χ2n) is 4.37. The lowest BCUT2D eigenvalue weighted by molar-refractivity contribution is 0.0697. The maximum absolute atomic E-state index is 12.0. The first kappa shape index (κ1) is 15.5. The Bertz CT molecular complexity index is 740. The minimum absolute atomic E-state index is 0.122. The number of sulfonamides is 1. The van der Waals surface area contributed by atoms with Gasteiger partial charge >= 0.3 is 5.97 Å². The monoisotopic (exact) mass is 369 g/mol. The predicted octanol–water partition coefficient (Wildman–Crippen LogP) is 3.09. The maximum atomic E-state index is 12.0. The van der Waals surface area contributed by atoms with Crippen molar-refractivity contribution in [1.29, 1.82) is 0 Å². The number of hydrogen-bond acceptors (Lipinski definition) is 3. The molecule has 5 nitrogen and oxygen atoms in total. The van der Waals surface area contributed by atoms with Crippen LogP contribution in [0.3, 0.4) is 0 Å². The Kier molecular flexibility index (Phi) is 4.64. The van der Waals surface area contributed by atoms with Gasteiger partial charge in [0.2, 0.25) is 10.0 Å². The normalized spacial score (nSPS) is 11.1. The van der Waals surface area contributed by atoms with Gasteiger partial charge in [-0.1, -0.05) is 28.1 Å². The molecule has 2 rings (SSSR count). The molecule has 0 saturated carbocycles. The average Bonchev–Trinajstić information content (AvgIpc) is 2.41. The molecule has 0 heterocycles. The van der Waals surface area contributed by atoms with E-state index in [0.717, 1.165) is 4.47 Å². The zero-order chi connectivity index (χ0) is 15.5. The Labute approximate surface area is 130 Å². The van der Waals surface area contributed by atoms with Crippen molar-refractivity contribution in [2.24, 2.45) is 0 Å². The number of carboxylic acids is 1. The molecule has 2 aromatic rings. The molecule has 0 aliphatic rings. The van der Waals surface area contributed by atoms with E-state index < -0.39 is 16.0 Å². The number of carboxylic acid groups (broad SMARTS) is 1. The average molecular weight is 370 g/mol. The summed E-state index contributed by atoms with van der Waals surface area (Å²) < 4.78 is 27.4. The van der Waals surface area contributed by atoms with Gasteiger partial charge in [0.1, 0.15) is 0 Å². The van der Waals surface area contributed by atoms with E-state index in [-0.39, 0.29) is 11.3 Å². The fourth-order valence-electron chi connectivity index (χ4n) is 1.70. The molecule has 0 aromatic heterocycles. The summed E-state index contributed by atoms with van der Waals surface area (Å²) in [5.74, 6) is -1.26. The molecule has 0 bridgehead atoms. The number of benzene rings is 2. The van der Waals surface area contributed by atoms with E-state index in [9.17, 15) is 13.2 Å². The van der Waals surface area contributed by atoms with Crippen LogP contribution < -0.4 is 4.72 Å². The largest absolute Gasteiger partial charge is 0.478 e. The molecule has 2 N–H and O–H groups in total. The van der Waals surface area contributed by atoms with Crippen molar-refractivity contribution in [1.82, 2.24) is 0 Å². The molecule has 0 aliphatic heterocycles. The van der Waals surface area contributed by atoms with Crippen molar-refractivity contribution >= 4 is 37.6 Å². The molecule has 7 heteroatoms. The third-order valence-electron chi connectivity index (χ3n) is 2.68. The van der Waals surface area contributed by atoms with Crippen LogP contribution in [0.1, 0.15) is 15.9 Å². The van der Waals surface area contributed by atoms with Crippen LogP contribution in [0.5, 0.6) is 0 Å². The number of halogens is 1. The highest BCUT2D eigenvalue weighted by Crippen LogP contribution is 2.17. The number of anilines is 1.